The van der Waals surface area contributed by atoms with Crippen LogP contribution in [0.3, 0.4) is 0 Å². The Hall–Kier alpha value is -1.06. The maximum atomic E-state index is 10.5. The number of carboxylic acid groups (broad SMARTS) is 1. The molecule has 0 amide bonds. The monoisotopic (exact) mass is 295 g/mol. The zero-order valence-corrected chi connectivity index (χ0v) is 12.4. The van der Waals surface area contributed by atoms with E-state index < -0.39 is 5.97 Å². The second-order valence-electron chi connectivity index (χ2n) is 5.58. The number of carbonyl (C=O) groups is 1. The quantitative estimate of drug-likeness (QED) is 0.757. The molecule has 110 valence electrons. The van der Waals surface area contributed by atoms with Crippen molar-refractivity contribution >= 4 is 17.6 Å². The van der Waals surface area contributed by atoms with Gasteiger partial charge in [-0.3, -0.25) is 4.79 Å². The molecule has 1 aliphatic carbocycles. The topological polar surface area (TPSA) is 49.3 Å². The van der Waals surface area contributed by atoms with Crippen LogP contribution in [0.15, 0.2) is 24.3 Å². The Bertz CT molecular complexity index is 433. The van der Waals surface area contributed by atoms with Gasteiger partial charge in [0.15, 0.2) is 0 Å². The van der Waals surface area contributed by atoms with Crippen LogP contribution >= 0.6 is 11.6 Å². The van der Waals surface area contributed by atoms with E-state index in [4.69, 9.17) is 16.7 Å². The van der Waals surface area contributed by atoms with Crippen LogP contribution in [0, 0.1) is 5.92 Å². The number of nitrogens with one attached hydrogen (secondary N) is 1. The highest BCUT2D eigenvalue weighted by molar-refractivity contribution is 6.30. The van der Waals surface area contributed by atoms with E-state index in [-0.39, 0.29) is 6.42 Å². The summed E-state index contributed by atoms with van der Waals surface area (Å²) in [5, 5.41) is 12.9. The Balaban J connectivity index is 1.78. The summed E-state index contributed by atoms with van der Waals surface area (Å²) in [7, 11) is 0. The Kier molecular flexibility index (Phi) is 5.86. The number of hydrogen-bond acceptors (Lipinski definition) is 2. The third kappa shape index (κ3) is 4.80. The third-order valence-corrected chi connectivity index (χ3v) is 4.30. The van der Waals surface area contributed by atoms with Crippen molar-refractivity contribution in [2.45, 2.75) is 44.6 Å². The molecule has 20 heavy (non-hydrogen) atoms. The van der Waals surface area contributed by atoms with Crippen LogP contribution < -0.4 is 5.32 Å². The maximum Gasteiger partial charge on any atom is 0.303 e. The van der Waals surface area contributed by atoms with E-state index in [0.29, 0.717) is 18.4 Å². The van der Waals surface area contributed by atoms with E-state index in [1.807, 2.05) is 12.1 Å². The Morgan fingerprint density at radius 2 is 2.05 bits per heavy atom. The first-order valence-electron chi connectivity index (χ1n) is 7.35. The highest BCUT2D eigenvalue weighted by Crippen LogP contribution is 2.29. The van der Waals surface area contributed by atoms with Gasteiger partial charge in [-0.25, -0.2) is 0 Å². The predicted molar refractivity (Wildman–Crippen MR) is 81.2 cm³/mol. The molecule has 0 bridgehead atoms. The van der Waals surface area contributed by atoms with Crippen LogP contribution in [-0.2, 0) is 11.2 Å². The lowest BCUT2D eigenvalue weighted by Crippen LogP contribution is -2.34. The zero-order valence-electron chi connectivity index (χ0n) is 11.6. The van der Waals surface area contributed by atoms with E-state index in [1.54, 1.807) is 0 Å². The maximum absolute atomic E-state index is 10.5. The molecule has 4 heteroatoms. The Morgan fingerprint density at radius 3 is 2.75 bits per heavy atom. The molecule has 0 heterocycles. The summed E-state index contributed by atoms with van der Waals surface area (Å²) in [5.41, 5.74) is 1.33. The van der Waals surface area contributed by atoms with Crippen molar-refractivity contribution in [3.05, 3.63) is 34.9 Å². The summed E-state index contributed by atoms with van der Waals surface area (Å²) in [5.74, 6) is -0.0584. The number of benzene rings is 1. The summed E-state index contributed by atoms with van der Waals surface area (Å²) in [4.78, 5) is 10.5. The van der Waals surface area contributed by atoms with Crippen LogP contribution in [0.1, 0.15) is 37.7 Å². The number of aliphatic carboxylic acids is 1. The first-order chi connectivity index (χ1) is 9.65. The van der Waals surface area contributed by atoms with Crippen molar-refractivity contribution < 1.29 is 9.90 Å². The van der Waals surface area contributed by atoms with Crippen molar-refractivity contribution in [2.75, 3.05) is 6.54 Å². The van der Waals surface area contributed by atoms with E-state index >= 15 is 0 Å². The SMILES string of the molecule is O=C(O)CCCNC1CCCC1Cc1ccc(Cl)cc1. The molecule has 0 aliphatic heterocycles. The van der Waals surface area contributed by atoms with Gasteiger partial charge in [-0.15, -0.1) is 0 Å². The van der Waals surface area contributed by atoms with Gasteiger partial charge in [-0.1, -0.05) is 30.2 Å². The van der Waals surface area contributed by atoms with Gasteiger partial charge >= 0.3 is 5.97 Å². The van der Waals surface area contributed by atoms with Crippen molar-refractivity contribution in [1.82, 2.24) is 5.32 Å². The van der Waals surface area contributed by atoms with Crippen molar-refractivity contribution in [1.29, 1.82) is 0 Å². The Morgan fingerprint density at radius 1 is 1.30 bits per heavy atom. The average Bonchev–Trinajstić information content (AvgIpc) is 2.85. The van der Waals surface area contributed by atoms with Gasteiger partial charge in [0, 0.05) is 17.5 Å². The molecule has 1 aromatic rings. The zero-order chi connectivity index (χ0) is 14.4. The second-order valence-corrected chi connectivity index (χ2v) is 6.02. The second kappa shape index (κ2) is 7.65. The first-order valence-corrected chi connectivity index (χ1v) is 7.72. The molecule has 1 saturated carbocycles. The molecule has 2 N–H and O–H groups in total. The number of rotatable bonds is 7. The summed E-state index contributed by atoms with van der Waals surface area (Å²) < 4.78 is 0. The molecule has 0 radical (unpaired) electrons. The van der Waals surface area contributed by atoms with Crippen LogP contribution in [-0.4, -0.2) is 23.7 Å². The van der Waals surface area contributed by atoms with E-state index in [1.165, 1.54) is 24.8 Å². The smallest absolute Gasteiger partial charge is 0.303 e. The molecule has 2 atom stereocenters. The van der Waals surface area contributed by atoms with E-state index in [0.717, 1.165) is 18.0 Å². The van der Waals surface area contributed by atoms with Gasteiger partial charge in [-0.2, -0.15) is 0 Å². The molecule has 1 fully saturated rings. The van der Waals surface area contributed by atoms with Crippen molar-refractivity contribution in [2.24, 2.45) is 5.92 Å². The first kappa shape index (κ1) is 15.3. The lowest BCUT2D eigenvalue weighted by atomic mass is 9.94. The molecule has 1 aliphatic rings. The molecule has 0 saturated heterocycles. The summed E-state index contributed by atoms with van der Waals surface area (Å²) in [6.07, 6.45) is 5.74. The Labute approximate surface area is 125 Å². The van der Waals surface area contributed by atoms with Gasteiger partial charge < -0.3 is 10.4 Å². The lowest BCUT2D eigenvalue weighted by Gasteiger charge is -2.21. The normalized spacial score (nSPS) is 22.1. The molecular weight excluding hydrogens is 274 g/mol. The van der Waals surface area contributed by atoms with Crippen molar-refractivity contribution in [3.63, 3.8) is 0 Å². The highest BCUT2D eigenvalue weighted by Gasteiger charge is 2.26. The molecule has 0 spiro atoms. The summed E-state index contributed by atoms with van der Waals surface area (Å²) >= 11 is 5.91. The largest absolute Gasteiger partial charge is 0.481 e. The predicted octanol–water partition coefficient (Wildman–Crippen LogP) is 3.51. The minimum atomic E-state index is -0.712. The fraction of sp³-hybridized carbons (Fsp3) is 0.562. The van der Waals surface area contributed by atoms with Gasteiger partial charge in [0.2, 0.25) is 0 Å². The van der Waals surface area contributed by atoms with Gasteiger partial charge in [0.25, 0.3) is 0 Å². The molecular formula is C16H22ClNO2. The molecule has 2 rings (SSSR count). The number of halogens is 1. The third-order valence-electron chi connectivity index (χ3n) is 4.04. The van der Waals surface area contributed by atoms with Gasteiger partial charge in [0.1, 0.15) is 0 Å². The standard InChI is InChI=1S/C16H22ClNO2/c17-14-8-6-12(7-9-14)11-13-3-1-4-15(13)18-10-2-5-16(19)20/h6-9,13,15,18H,1-5,10-11H2,(H,19,20). The molecule has 1 aromatic carbocycles. The minimum absolute atomic E-state index is 0.252. The van der Waals surface area contributed by atoms with Gasteiger partial charge in [0.05, 0.1) is 0 Å². The highest BCUT2D eigenvalue weighted by atomic mass is 35.5. The van der Waals surface area contributed by atoms with Crippen LogP contribution in [0.4, 0.5) is 0 Å². The van der Waals surface area contributed by atoms with Crippen molar-refractivity contribution in [3.8, 4) is 0 Å². The fourth-order valence-corrected chi connectivity index (χ4v) is 3.13. The average molecular weight is 296 g/mol. The summed E-state index contributed by atoms with van der Waals surface area (Å²) in [6.45, 7) is 0.800. The molecule has 2 unspecified atom stereocenters. The fourth-order valence-electron chi connectivity index (χ4n) is 3.00. The molecule has 3 nitrogen and oxygen atoms in total. The molecule has 0 aromatic heterocycles. The van der Waals surface area contributed by atoms with Crippen LogP contribution in [0.2, 0.25) is 5.02 Å². The van der Waals surface area contributed by atoms with Crippen LogP contribution in [0.25, 0.3) is 0 Å². The van der Waals surface area contributed by atoms with Gasteiger partial charge in [-0.05, 0) is 55.8 Å². The lowest BCUT2D eigenvalue weighted by molar-refractivity contribution is -0.137. The van der Waals surface area contributed by atoms with Crippen LogP contribution in [0.5, 0.6) is 0 Å². The van der Waals surface area contributed by atoms with E-state index in [9.17, 15) is 4.79 Å². The minimum Gasteiger partial charge on any atom is -0.481 e. The number of carboxylic acids is 1. The summed E-state index contributed by atoms with van der Waals surface area (Å²) in [6, 6.07) is 8.62. The number of hydrogen-bond donors (Lipinski definition) is 2. The van der Waals surface area contributed by atoms with E-state index in [2.05, 4.69) is 17.4 Å².